The number of nitrogens with one attached hydrogen (secondary N) is 1. The standard InChI is InChI=1S/C19H18N6O3/c1-28-16-4-2-3-15(8-16)25-11-13(7-17(25)26)18(27)23-14-9-21-19(22-10-14)24-6-5-20-12-24/h2-6,8-10,12-13H,7,11H2,1H3,(H,23,27). The number of aromatic nitrogens is 4. The number of hydrogen-bond acceptors (Lipinski definition) is 6. The van der Waals surface area contributed by atoms with Gasteiger partial charge in [-0.1, -0.05) is 6.07 Å². The molecule has 28 heavy (non-hydrogen) atoms. The molecule has 1 N–H and O–H groups in total. The summed E-state index contributed by atoms with van der Waals surface area (Å²) in [4.78, 5) is 38.9. The van der Waals surface area contributed by atoms with Crippen LogP contribution in [0.2, 0.25) is 0 Å². The van der Waals surface area contributed by atoms with Crippen molar-refractivity contribution in [1.82, 2.24) is 19.5 Å². The van der Waals surface area contributed by atoms with E-state index in [0.29, 0.717) is 29.6 Å². The summed E-state index contributed by atoms with van der Waals surface area (Å²) in [6.07, 6.45) is 8.14. The summed E-state index contributed by atoms with van der Waals surface area (Å²) in [5.74, 6) is 0.328. The monoisotopic (exact) mass is 378 g/mol. The fourth-order valence-corrected chi connectivity index (χ4v) is 3.05. The highest BCUT2D eigenvalue weighted by Gasteiger charge is 2.35. The number of ether oxygens (including phenoxy) is 1. The van der Waals surface area contributed by atoms with Gasteiger partial charge in [0.2, 0.25) is 17.8 Å². The molecule has 0 bridgehead atoms. The minimum atomic E-state index is -0.452. The molecule has 1 aromatic carbocycles. The number of anilines is 2. The molecule has 3 aromatic rings. The molecule has 0 spiro atoms. The van der Waals surface area contributed by atoms with E-state index >= 15 is 0 Å². The zero-order valence-electron chi connectivity index (χ0n) is 15.1. The van der Waals surface area contributed by atoms with Crippen LogP contribution in [0.1, 0.15) is 6.42 Å². The molecule has 1 saturated heterocycles. The fraction of sp³-hybridized carbons (Fsp3) is 0.211. The Morgan fingerprint density at radius 3 is 2.82 bits per heavy atom. The highest BCUT2D eigenvalue weighted by molar-refractivity contribution is 6.03. The second-order valence-corrected chi connectivity index (χ2v) is 6.34. The predicted octanol–water partition coefficient (Wildman–Crippen LogP) is 1.66. The van der Waals surface area contributed by atoms with Crippen molar-refractivity contribution in [3.8, 4) is 11.7 Å². The molecule has 0 saturated carbocycles. The van der Waals surface area contributed by atoms with E-state index in [1.165, 1.54) is 12.4 Å². The van der Waals surface area contributed by atoms with Gasteiger partial charge in [0.15, 0.2) is 0 Å². The third kappa shape index (κ3) is 3.54. The van der Waals surface area contributed by atoms with Crippen LogP contribution in [-0.2, 0) is 9.59 Å². The number of amides is 2. The molecule has 9 nitrogen and oxygen atoms in total. The van der Waals surface area contributed by atoms with Gasteiger partial charge in [0.05, 0.1) is 31.1 Å². The second kappa shape index (κ2) is 7.47. The fourth-order valence-electron chi connectivity index (χ4n) is 3.05. The largest absolute Gasteiger partial charge is 0.497 e. The number of methoxy groups -OCH3 is 1. The molecule has 1 aliphatic heterocycles. The average Bonchev–Trinajstić information content (AvgIpc) is 3.39. The molecule has 4 rings (SSSR count). The Morgan fingerprint density at radius 1 is 1.29 bits per heavy atom. The summed E-state index contributed by atoms with van der Waals surface area (Å²) in [5, 5.41) is 2.78. The second-order valence-electron chi connectivity index (χ2n) is 6.34. The van der Waals surface area contributed by atoms with Crippen molar-refractivity contribution in [3.05, 3.63) is 55.4 Å². The Hall–Kier alpha value is -3.75. The van der Waals surface area contributed by atoms with Crippen molar-refractivity contribution in [2.24, 2.45) is 5.92 Å². The van der Waals surface area contributed by atoms with Crippen LogP contribution in [0.5, 0.6) is 5.75 Å². The normalized spacial score (nSPS) is 16.2. The molecule has 1 unspecified atom stereocenters. The lowest BCUT2D eigenvalue weighted by Gasteiger charge is -2.17. The van der Waals surface area contributed by atoms with Crippen LogP contribution >= 0.6 is 0 Å². The van der Waals surface area contributed by atoms with E-state index in [1.807, 2.05) is 18.2 Å². The molecule has 1 aliphatic rings. The molecule has 142 valence electrons. The maximum Gasteiger partial charge on any atom is 0.234 e. The number of carbonyl (C=O) groups excluding carboxylic acids is 2. The third-order valence-corrected chi connectivity index (χ3v) is 4.50. The van der Waals surface area contributed by atoms with E-state index in [-0.39, 0.29) is 18.2 Å². The molecule has 3 heterocycles. The third-order valence-electron chi connectivity index (χ3n) is 4.50. The highest BCUT2D eigenvalue weighted by Crippen LogP contribution is 2.28. The first-order chi connectivity index (χ1) is 13.6. The topological polar surface area (TPSA) is 102 Å². The van der Waals surface area contributed by atoms with Crippen LogP contribution in [0.15, 0.2) is 55.4 Å². The van der Waals surface area contributed by atoms with E-state index in [4.69, 9.17) is 4.74 Å². The van der Waals surface area contributed by atoms with Crippen LogP contribution < -0.4 is 15.0 Å². The lowest BCUT2D eigenvalue weighted by Crippen LogP contribution is -2.28. The first-order valence-electron chi connectivity index (χ1n) is 8.69. The Balaban J connectivity index is 1.42. The predicted molar refractivity (Wildman–Crippen MR) is 101 cm³/mol. The van der Waals surface area contributed by atoms with Crippen molar-refractivity contribution in [3.63, 3.8) is 0 Å². The van der Waals surface area contributed by atoms with Gasteiger partial charge in [-0.15, -0.1) is 0 Å². The van der Waals surface area contributed by atoms with Crippen molar-refractivity contribution in [2.75, 3.05) is 23.9 Å². The van der Waals surface area contributed by atoms with Gasteiger partial charge in [0, 0.05) is 37.1 Å². The summed E-state index contributed by atoms with van der Waals surface area (Å²) in [7, 11) is 1.57. The molecular weight excluding hydrogens is 360 g/mol. The van der Waals surface area contributed by atoms with Gasteiger partial charge in [-0.05, 0) is 12.1 Å². The lowest BCUT2D eigenvalue weighted by molar-refractivity contribution is -0.122. The number of benzene rings is 1. The molecule has 9 heteroatoms. The zero-order chi connectivity index (χ0) is 19.5. The first kappa shape index (κ1) is 17.7. The van der Waals surface area contributed by atoms with Gasteiger partial charge in [0.1, 0.15) is 12.1 Å². The van der Waals surface area contributed by atoms with E-state index in [9.17, 15) is 9.59 Å². The Labute approximate surface area is 161 Å². The number of carbonyl (C=O) groups is 2. The molecule has 2 amide bonds. The van der Waals surface area contributed by atoms with Crippen LogP contribution in [0.4, 0.5) is 11.4 Å². The average molecular weight is 378 g/mol. The first-order valence-corrected chi connectivity index (χ1v) is 8.69. The number of imidazole rings is 1. The molecule has 1 atom stereocenters. The van der Waals surface area contributed by atoms with E-state index in [0.717, 1.165) is 0 Å². The molecule has 0 aliphatic carbocycles. The van der Waals surface area contributed by atoms with E-state index < -0.39 is 5.92 Å². The van der Waals surface area contributed by atoms with Crippen molar-refractivity contribution in [2.45, 2.75) is 6.42 Å². The summed E-state index contributed by atoms with van der Waals surface area (Å²) in [5.41, 5.74) is 1.19. The summed E-state index contributed by atoms with van der Waals surface area (Å²) < 4.78 is 6.86. The maximum atomic E-state index is 12.6. The smallest absolute Gasteiger partial charge is 0.234 e. The van der Waals surface area contributed by atoms with Gasteiger partial charge < -0.3 is 15.0 Å². The van der Waals surface area contributed by atoms with E-state index in [1.54, 1.807) is 41.4 Å². The quantitative estimate of drug-likeness (QED) is 0.724. The highest BCUT2D eigenvalue weighted by atomic mass is 16.5. The molecule has 2 aromatic heterocycles. The Bertz CT molecular complexity index is 987. The maximum absolute atomic E-state index is 12.6. The van der Waals surface area contributed by atoms with Gasteiger partial charge in [0.25, 0.3) is 0 Å². The molecular formula is C19H18N6O3. The SMILES string of the molecule is COc1cccc(N2CC(C(=O)Nc3cnc(-n4ccnc4)nc3)CC2=O)c1. The lowest BCUT2D eigenvalue weighted by atomic mass is 10.1. The van der Waals surface area contributed by atoms with E-state index in [2.05, 4.69) is 20.3 Å². The number of nitrogens with zero attached hydrogens (tertiary/aromatic N) is 5. The van der Waals surface area contributed by atoms with Crippen molar-refractivity contribution >= 4 is 23.2 Å². The van der Waals surface area contributed by atoms with Crippen molar-refractivity contribution in [1.29, 1.82) is 0 Å². The minimum Gasteiger partial charge on any atom is -0.497 e. The van der Waals surface area contributed by atoms with Gasteiger partial charge in [-0.25, -0.2) is 15.0 Å². The summed E-state index contributed by atoms with van der Waals surface area (Å²) in [6, 6.07) is 7.22. The Morgan fingerprint density at radius 2 is 2.11 bits per heavy atom. The van der Waals surface area contributed by atoms with Crippen molar-refractivity contribution < 1.29 is 14.3 Å². The van der Waals surface area contributed by atoms with Crippen LogP contribution in [0, 0.1) is 5.92 Å². The van der Waals surface area contributed by atoms with Crippen LogP contribution in [0.3, 0.4) is 0 Å². The van der Waals surface area contributed by atoms with Crippen LogP contribution in [0.25, 0.3) is 5.95 Å². The number of rotatable bonds is 5. The summed E-state index contributed by atoms with van der Waals surface area (Å²) in [6.45, 7) is 0.311. The minimum absolute atomic E-state index is 0.0971. The zero-order valence-corrected chi connectivity index (χ0v) is 15.1. The summed E-state index contributed by atoms with van der Waals surface area (Å²) >= 11 is 0. The van der Waals surface area contributed by atoms with Gasteiger partial charge in [-0.3, -0.25) is 14.2 Å². The van der Waals surface area contributed by atoms with Gasteiger partial charge >= 0.3 is 0 Å². The molecule has 0 radical (unpaired) electrons. The number of hydrogen-bond donors (Lipinski definition) is 1. The molecule has 1 fully saturated rings. The van der Waals surface area contributed by atoms with Gasteiger partial charge in [-0.2, -0.15) is 0 Å². The Kier molecular flexibility index (Phi) is 4.71. The van der Waals surface area contributed by atoms with Crippen LogP contribution in [-0.4, -0.2) is 45.0 Å².